The first-order chi connectivity index (χ1) is 4.70. The van der Waals surface area contributed by atoms with Crippen LogP contribution in [0.2, 0.25) is 0 Å². The quantitative estimate of drug-likeness (QED) is 0.587. The van der Waals surface area contributed by atoms with E-state index in [9.17, 15) is 0 Å². The highest BCUT2D eigenvalue weighted by molar-refractivity contribution is 5.80. The van der Waals surface area contributed by atoms with Crippen molar-refractivity contribution in [2.24, 2.45) is 0 Å². The summed E-state index contributed by atoms with van der Waals surface area (Å²) in [7, 11) is 0. The summed E-state index contributed by atoms with van der Waals surface area (Å²) in [6, 6.07) is 8.48. The van der Waals surface area contributed by atoms with Gasteiger partial charge in [-0.3, -0.25) is 0 Å². The number of rotatable bonds is 0. The highest BCUT2D eigenvalue weighted by Crippen LogP contribution is 2.32. The molecular weight excluding hydrogens is 124 g/mol. The molecule has 0 aromatic rings. The van der Waals surface area contributed by atoms with Crippen LogP contribution in [-0.4, -0.2) is 11.2 Å². The Balaban J connectivity index is 0.000000112. The summed E-state index contributed by atoms with van der Waals surface area (Å²) in [6.45, 7) is 3.44. The van der Waals surface area contributed by atoms with Gasteiger partial charge in [0.15, 0.2) is 0 Å². The molecule has 2 aliphatic carbocycles. The Kier molecular flexibility index (Phi) is 2.07. The lowest BCUT2D eigenvalue weighted by Crippen LogP contribution is -1.85. The highest BCUT2D eigenvalue weighted by atomic mass is 16.3. The average molecular weight is 136 g/mol. The van der Waals surface area contributed by atoms with E-state index in [1.54, 1.807) is 13.8 Å². The SMILES string of the molecule is CC(C)O.c1cc2cc-2c1. The second-order valence-corrected chi connectivity index (χ2v) is 2.67. The van der Waals surface area contributed by atoms with Crippen LogP contribution in [0.4, 0.5) is 0 Å². The monoisotopic (exact) mass is 136 g/mol. The molecule has 0 spiro atoms. The van der Waals surface area contributed by atoms with Crippen LogP contribution in [0.3, 0.4) is 0 Å². The zero-order chi connectivity index (χ0) is 7.56. The minimum absolute atomic E-state index is 0.167. The van der Waals surface area contributed by atoms with Gasteiger partial charge in [0.25, 0.3) is 0 Å². The lowest BCUT2D eigenvalue weighted by molar-refractivity contribution is 0.216. The maximum atomic E-state index is 8.06. The molecular formula is C9H12O. The first-order valence-electron chi connectivity index (χ1n) is 3.48. The summed E-state index contributed by atoms with van der Waals surface area (Å²) in [6.07, 6.45) is -0.167. The van der Waals surface area contributed by atoms with E-state index < -0.39 is 0 Å². The van der Waals surface area contributed by atoms with Crippen molar-refractivity contribution in [1.29, 1.82) is 0 Å². The molecule has 0 saturated heterocycles. The van der Waals surface area contributed by atoms with Gasteiger partial charge in [-0.15, -0.1) is 0 Å². The first-order valence-corrected chi connectivity index (χ1v) is 3.48. The fourth-order valence-corrected chi connectivity index (χ4v) is 0.676. The van der Waals surface area contributed by atoms with E-state index in [0.29, 0.717) is 0 Å². The van der Waals surface area contributed by atoms with Crippen LogP contribution in [0.5, 0.6) is 0 Å². The Morgan fingerprint density at radius 3 is 1.70 bits per heavy atom. The fourth-order valence-electron chi connectivity index (χ4n) is 0.676. The van der Waals surface area contributed by atoms with E-state index >= 15 is 0 Å². The van der Waals surface area contributed by atoms with Crippen molar-refractivity contribution in [2.75, 3.05) is 0 Å². The molecule has 0 heterocycles. The standard InChI is InChI=1S/C6H4.C3H8O/c1-2-5-4-6(5)3-1;1-3(2)4/h1-4H;3-4H,1-2H3. The molecule has 2 rings (SSSR count). The van der Waals surface area contributed by atoms with Crippen molar-refractivity contribution in [3.63, 3.8) is 0 Å². The van der Waals surface area contributed by atoms with Gasteiger partial charge in [0.2, 0.25) is 0 Å². The molecule has 1 heteroatoms. The Morgan fingerprint density at radius 1 is 1.20 bits per heavy atom. The van der Waals surface area contributed by atoms with Gasteiger partial charge in [-0.2, -0.15) is 0 Å². The van der Waals surface area contributed by atoms with E-state index in [1.807, 2.05) is 0 Å². The van der Waals surface area contributed by atoms with Crippen LogP contribution < -0.4 is 0 Å². The summed E-state index contributed by atoms with van der Waals surface area (Å²) in [4.78, 5) is 0. The molecule has 0 aromatic heterocycles. The lowest BCUT2D eigenvalue weighted by Gasteiger charge is -1.80. The fraction of sp³-hybridized carbons (Fsp3) is 0.333. The topological polar surface area (TPSA) is 20.2 Å². The normalized spacial score (nSPS) is 10.4. The molecule has 10 heavy (non-hydrogen) atoms. The largest absolute Gasteiger partial charge is 0.394 e. The number of benzene rings is 1. The van der Waals surface area contributed by atoms with E-state index in [1.165, 1.54) is 11.1 Å². The van der Waals surface area contributed by atoms with E-state index in [4.69, 9.17) is 5.11 Å². The minimum Gasteiger partial charge on any atom is -0.394 e. The van der Waals surface area contributed by atoms with Gasteiger partial charge >= 0.3 is 0 Å². The molecule has 0 radical (unpaired) electrons. The summed E-state index contributed by atoms with van der Waals surface area (Å²) < 4.78 is 0. The van der Waals surface area contributed by atoms with Crippen LogP contribution >= 0.6 is 0 Å². The molecule has 0 atom stereocenters. The lowest BCUT2D eigenvalue weighted by atomic mass is 10.5. The molecule has 0 amide bonds. The van der Waals surface area contributed by atoms with Gasteiger partial charge in [-0.25, -0.2) is 0 Å². The molecule has 54 valence electrons. The van der Waals surface area contributed by atoms with Crippen molar-refractivity contribution < 1.29 is 5.11 Å². The number of hydrogen-bond acceptors (Lipinski definition) is 1. The van der Waals surface area contributed by atoms with Crippen molar-refractivity contribution >= 4 is 0 Å². The van der Waals surface area contributed by atoms with Crippen molar-refractivity contribution in [3.05, 3.63) is 24.3 Å². The molecule has 0 fully saturated rings. The van der Waals surface area contributed by atoms with Crippen molar-refractivity contribution in [2.45, 2.75) is 20.0 Å². The summed E-state index contributed by atoms with van der Waals surface area (Å²) >= 11 is 0. The molecule has 2 aliphatic rings. The third-order valence-electron chi connectivity index (χ3n) is 1.11. The zero-order valence-electron chi connectivity index (χ0n) is 6.33. The maximum Gasteiger partial charge on any atom is 0.0483 e. The Morgan fingerprint density at radius 2 is 1.60 bits per heavy atom. The smallest absolute Gasteiger partial charge is 0.0483 e. The molecule has 0 bridgehead atoms. The third-order valence-corrected chi connectivity index (χ3v) is 1.11. The van der Waals surface area contributed by atoms with E-state index in [0.717, 1.165) is 0 Å². The zero-order valence-corrected chi connectivity index (χ0v) is 6.33. The molecule has 0 saturated carbocycles. The van der Waals surface area contributed by atoms with Crippen LogP contribution in [-0.2, 0) is 0 Å². The van der Waals surface area contributed by atoms with Gasteiger partial charge in [0.1, 0.15) is 0 Å². The predicted octanol–water partition coefficient (Wildman–Crippen LogP) is 2.05. The van der Waals surface area contributed by atoms with Crippen LogP contribution in [0.15, 0.2) is 24.3 Å². The number of fused-ring (bicyclic) bond motifs is 1. The Hall–Kier alpha value is -0.820. The molecule has 1 N–H and O–H groups in total. The van der Waals surface area contributed by atoms with E-state index in [2.05, 4.69) is 24.3 Å². The summed E-state index contributed by atoms with van der Waals surface area (Å²) in [5.41, 5.74) is 2.85. The molecule has 0 unspecified atom stereocenters. The summed E-state index contributed by atoms with van der Waals surface area (Å²) in [5, 5.41) is 8.06. The van der Waals surface area contributed by atoms with Gasteiger partial charge in [0.05, 0.1) is 0 Å². The maximum absolute atomic E-state index is 8.06. The van der Waals surface area contributed by atoms with Gasteiger partial charge < -0.3 is 5.11 Å². The molecule has 0 aromatic carbocycles. The van der Waals surface area contributed by atoms with Crippen LogP contribution in [0.1, 0.15) is 13.8 Å². The van der Waals surface area contributed by atoms with Crippen LogP contribution in [0, 0.1) is 0 Å². The third kappa shape index (κ3) is 2.19. The summed E-state index contributed by atoms with van der Waals surface area (Å²) in [5.74, 6) is 0. The predicted molar refractivity (Wildman–Crippen MR) is 42.8 cm³/mol. The van der Waals surface area contributed by atoms with Gasteiger partial charge in [-0.1, -0.05) is 18.2 Å². The highest BCUT2D eigenvalue weighted by Gasteiger charge is 2.06. The molecule has 1 nitrogen and oxygen atoms in total. The van der Waals surface area contributed by atoms with Crippen molar-refractivity contribution in [3.8, 4) is 11.1 Å². The number of aliphatic hydroxyl groups excluding tert-OH is 1. The van der Waals surface area contributed by atoms with E-state index in [-0.39, 0.29) is 6.10 Å². The van der Waals surface area contributed by atoms with Crippen molar-refractivity contribution in [1.82, 2.24) is 0 Å². The first kappa shape index (κ1) is 7.29. The Bertz CT molecular complexity index is 196. The molecule has 0 aliphatic heterocycles. The average Bonchev–Trinajstić information content (AvgIpc) is 2.40. The second kappa shape index (κ2) is 2.84. The second-order valence-electron chi connectivity index (χ2n) is 2.67. The Labute approximate surface area is 61.3 Å². The minimum atomic E-state index is -0.167. The van der Waals surface area contributed by atoms with Gasteiger partial charge in [-0.05, 0) is 31.0 Å². The van der Waals surface area contributed by atoms with Crippen LogP contribution in [0.25, 0.3) is 11.1 Å². The number of hydrogen-bond donors (Lipinski definition) is 1. The number of aliphatic hydroxyl groups is 1. The van der Waals surface area contributed by atoms with Gasteiger partial charge in [0, 0.05) is 6.10 Å².